The lowest BCUT2D eigenvalue weighted by molar-refractivity contribution is -0.192. The number of aliphatic carboxylic acids is 2. The molecule has 4 rings (SSSR count). The summed E-state index contributed by atoms with van der Waals surface area (Å²) in [5.41, 5.74) is 1.86. The number of nitrogens with zero attached hydrogens (tertiary/aromatic N) is 5. The van der Waals surface area contributed by atoms with Crippen LogP contribution in [0.3, 0.4) is 0 Å². The van der Waals surface area contributed by atoms with E-state index in [1.807, 2.05) is 24.3 Å². The lowest BCUT2D eigenvalue weighted by Crippen LogP contribution is -2.63. The van der Waals surface area contributed by atoms with Gasteiger partial charge in [-0.3, -0.25) is 29.0 Å². The zero-order valence-electron chi connectivity index (χ0n) is 27.9. The second kappa shape index (κ2) is 18.5. The average Bonchev–Trinajstić information content (AvgIpc) is 3.11. The molecule has 19 heteroatoms. The number of amides is 3. The van der Waals surface area contributed by atoms with Crippen molar-refractivity contribution in [3.63, 3.8) is 0 Å². The number of anilines is 1. The highest BCUT2D eigenvalue weighted by molar-refractivity contribution is 5.96. The first-order valence-corrected chi connectivity index (χ1v) is 15.6. The van der Waals surface area contributed by atoms with Gasteiger partial charge in [0.1, 0.15) is 18.3 Å². The van der Waals surface area contributed by atoms with E-state index in [0.717, 1.165) is 16.2 Å². The maximum atomic E-state index is 14.0. The zero-order chi connectivity index (χ0) is 37.7. The number of carboxylic acid groups (broad SMARTS) is 2. The number of methoxy groups -OCH3 is 2. The molecule has 2 saturated heterocycles. The number of hydrogen-bond donors (Lipinski definition) is 3. The van der Waals surface area contributed by atoms with Gasteiger partial charge in [0.25, 0.3) is 0 Å². The van der Waals surface area contributed by atoms with E-state index in [-0.39, 0.29) is 32.0 Å². The molecule has 51 heavy (non-hydrogen) atoms. The number of rotatable bonds is 12. The molecule has 2 aliphatic heterocycles. The van der Waals surface area contributed by atoms with Crippen LogP contribution in [0.1, 0.15) is 18.4 Å². The Labute approximate surface area is 290 Å². The van der Waals surface area contributed by atoms with Gasteiger partial charge in [-0.2, -0.15) is 13.2 Å². The summed E-state index contributed by atoms with van der Waals surface area (Å²) >= 11 is 0. The van der Waals surface area contributed by atoms with Crippen molar-refractivity contribution in [2.45, 2.75) is 37.6 Å². The van der Waals surface area contributed by atoms with Crippen molar-refractivity contribution in [3.05, 3.63) is 54.4 Å². The normalized spacial score (nSPS) is 16.8. The first kappa shape index (κ1) is 40.0. The zero-order valence-corrected chi connectivity index (χ0v) is 27.9. The largest absolute Gasteiger partial charge is 0.497 e. The first-order chi connectivity index (χ1) is 24.1. The fourth-order valence-corrected chi connectivity index (χ4v) is 5.37. The Kier molecular flexibility index (Phi) is 14.5. The number of halogens is 3. The third-order valence-electron chi connectivity index (χ3n) is 8.07. The van der Waals surface area contributed by atoms with Crippen LogP contribution < -0.4 is 15.0 Å². The predicted molar refractivity (Wildman–Crippen MR) is 171 cm³/mol. The Balaban J connectivity index is 0.000000908. The summed E-state index contributed by atoms with van der Waals surface area (Å²) in [6.45, 7) is 1.85. The Morgan fingerprint density at radius 3 is 2.08 bits per heavy atom. The number of carboxylic acids is 2. The Morgan fingerprint density at radius 2 is 1.55 bits per heavy atom. The Hall–Kier alpha value is -5.46. The molecule has 1 aromatic heterocycles. The number of alkyl halides is 3. The molecule has 278 valence electrons. The van der Waals surface area contributed by atoms with Gasteiger partial charge in [-0.15, -0.1) is 0 Å². The quantitative estimate of drug-likeness (QED) is 0.258. The van der Waals surface area contributed by atoms with Crippen LogP contribution in [-0.2, 0) is 40.0 Å². The van der Waals surface area contributed by atoms with Gasteiger partial charge in [-0.1, -0.05) is 12.1 Å². The van der Waals surface area contributed by atoms with E-state index in [1.165, 1.54) is 12.0 Å². The van der Waals surface area contributed by atoms with E-state index in [9.17, 15) is 42.3 Å². The molecule has 2 aliphatic rings. The lowest BCUT2D eigenvalue weighted by Gasteiger charge is -2.41. The molecule has 3 N–H and O–H groups in total. The molecule has 16 nitrogen and oxygen atoms in total. The highest BCUT2D eigenvalue weighted by Crippen LogP contribution is 2.20. The SMILES string of the molecule is COC(=O)C[C@@H]1C(=O)N(CC(=O)O)CCN1C(=O)[C@H](CC(=O)N1CCN(c2ccncc2)CC1)NCc1ccc(OC)cc1.O=C(O)C(F)(F)F. The number of aromatic nitrogens is 1. The smallest absolute Gasteiger partial charge is 0.490 e. The van der Waals surface area contributed by atoms with Crippen molar-refractivity contribution >= 4 is 41.3 Å². The number of carbonyl (C=O) groups excluding carboxylic acids is 4. The van der Waals surface area contributed by atoms with Crippen molar-refractivity contribution in [2.24, 2.45) is 0 Å². The molecule has 2 fully saturated rings. The molecule has 2 atom stereocenters. The van der Waals surface area contributed by atoms with E-state index in [4.69, 9.17) is 19.4 Å². The van der Waals surface area contributed by atoms with E-state index < -0.39 is 60.9 Å². The van der Waals surface area contributed by atoms with Crippen LogP contribution in [0.5, 0.6) is 5.75 Å². The van der Waals surface area contributed by atoms with Crippen LogP contribution in [-0.4, -0.2) is 144 Å². The molecule has 0 spiro atoms. The van der Waals surface area contributed by atoms with Crippen molar-refractivity contribution in [3.8, 4) is 5.75 Å². The third kappa shape index (κ3) is 11.8. The minimum atomic E-state index is -5.08. The second-order valence-electron chi connectivity index (χ2n) is 11.3. The first-order valence-electron chi connectivity index (χ1n) is 15.6. The van der Waals surface area contributed by atoms with Crippen LogP contribution in [0.25, 0.3) is 0 Å². The molecule has 0 aliphatic carbocycles. The van der Waals surface area contributed by atoms with Crippen LogP contribution in [0, 0.1) is 0 Å². The van der Waals surface area contributed by atoms with Crippen LogP contribution >= 0.6 is 0 Å². The van der Waals surface area contributed by atoms with Gasteiger partial charge >= 0.3 is 24.1 Å². The minimum absolute atomic E-state index is 0.000965. The standard InChI is InChI=1S/C30H38N6O8.C2HF3O2/c1-43-23-5-3-21(4-6-23)19-32-24(17-26(37)34-13-11-33(12-14-34)22-7-9-31-10-8-22)29(41)36-16-15-35(20-27(38)39)30(42)25(36)18-28(40)44-2;3-2(4,5)1(6)7/h3-10,24-25,32H,11-20H2,1-2H3,(H,38,39);(H,6,7)/t24-,25+;/m0./s1. The van der Waals surface area contributed by atoms with Crippen LogP contribution in [0.15, 0.2) is 48.8 Å². The van der Waals surface area contributed by atoms with E-state index in [0.29, 0.717) is 31.9 Å². The van der Waals surface area contributed by atoms with E-state index in [2.05, 4.69) is 15.2 Å². The molecule has 0 radical (unpaired) electrons. The molecule has 0 unspecified atom stereocenters. The average molecular weight is 725 g/mol. The van der Waals surface area contributed by atoms with Crippen LogP contribution in [0.2, 0.25) is 0 Å². The topological polar surface area (TPSA) is 199 Å². The number of ether oxygens (including phenoxy) is 2. The number of benzene rings is 1. The summed E-state index contributed by atoms with van der Waals surface area (Å²) < 4.78 is 41.7. The predicted octanol–water partition coefficient (Wildman–Crippen LogP) is 0.608. The molecule has 3 heterocycles. The van der Waals surface area contributed by atoms with Crippen molar-refractivity contribution in [1.82, 2.24) is 25.0 Å². The Morgan fingerprint density at radius 1 is 0.941 bits per heavy atom. The second-order valence-corrected chi connectivity index (χ2v) is 11.3. The fraction of sp³-hybridized carbons (Fsp3) is 0.469. The third-order valence-corrected chi connectivity index (χ3v) is 8.07. The maximum Gasteiger partial charge on any atom is 0.490 e. The monoisotopic (exact) mass is 724 g/mol. The van der Waals surface area contributed by atoms with E-state index in [1.54, 1.807) is 36.5 Å². The van der Waals surface area contributed by atoms with Gasteiger partial charge in [0.05, 0.1) is 33.1 Å². The van der Waals surface area contributed by atoms with Crippen LogP contribution in [0.4, 0.5) is 18.9 Å². The number of esters is 1. The lowest BCUT2D eigenvalue weighted by atomic mass is 10.0. The minimum Gasteiger partial charge on any atom is -0.497 e. The number of pyridine rings is 1. The number of piperazine rings is 2. The Bertz CT molecular complexity index is 1520. The van der Waals surface area contributed by atoms with E-state index >= 15 is 0 Å². The summed E-state index contributed by atoms with van der Waals surface area (Å²) in [4.78, 5) is 83.6. The number of nitrogens with one attached hydrogen (secondary N) is 1. The van der Waals surface area contributed by atoms with Gasteiger partial charge in [0.15, 0.2) is 0 Å². The summed E-state index contributed by atoms with van der Waals surface area (Å²) in [6.07, 6.45) is -2.25. The van der Waals surface area contributed by atoms with Gasteiger partial charge in [-0.05, 0) is 29.8 Å². The summed E-state index contributed by atoms with van der Waals surface area (Å²) in [5, 5.41) is 19.6. The molecule has 1 aromatic carbocycles. The van der Waals surface area contributed by atoms with Gasteiger partial charge in [-0.25, -0.2) is 4.79 Å². The highest BCUT2D eigenvalue weighted by Gasteiger charge is 2.42. The molecular weight excluding hydrogens is 685 g/mol. The van der Waals surface area contributed by atoms with Crippen molar-refractivity contribution in [1.29, 1.82) is 0 Å². The molecule has 2 aromatic rings. The fourth-order valence-electron chi connectivity index (χ4n) is 5.37. The van der Waals surface area contributed by atoms with Gasteiger partial charge in [0, 0.05) is 63.9 Å². The maximum absolute atomic E-state index is 14.0. The number of hydrogen-bond acceptors (Lipinski definition) is 11. The molecule has 3 amide bonds. The summed E-state index contributed by atoms with van der Waals surface area (Å²) in [6, 6.07) is 8.80. The van der Waals surface area contributed by atoms with Gasteiger partial charge in [0.2, 0.25) is 17.7 Å². The molecule has 0 bridgehead atoms. The highest BCUT2D eigenvalue weighted by atomic mass is 19.4. The van der Waals surface area contributed by atoms with Crippen molar-refractivity contribution < 1.29 is 61.6 Å². The van der Waals surface area contributed by atoms with Crippen molar-refractivity contribution in [2.75, 3.05) is 64.9 Å². The summed E-state index contributed by atoms with van der Waals surface area (Å²) in [5.74, 6) is -5.42. The molecular formula is C32H39F3N6O10. The number of carbonyl (C=O) groups is 6. The molecule has 0 saturated carbocycles. The summed E-state index contributed by atoms with van der Waals surface area (Å²) in [7, 11) is 2.73. The van der Waals surface area contributed by atoms with Gasteiger partial charge < -0.3 is 44.6 Å².